The molecule has 0 radical (unpaired) electrons. The first-order valence-corrected chi connectivity index (χ1v) is 8.58. The van der Waals surface area contributed by atoms with Gasteiger partial charge in [0.2, 0.25) is 0 Å². The van der Waals surface area contributed by atoms with Crippen LogP contribution in [0.15, 0.2) is 72.9 Å². The first-order chi connectivity index (χ1) is 13.1. The minimum absolute atomic E-state index is 0.199. The van der Waals surface area contributed by atoms with Crippen molar-refractivity contribution in [2.45, 2.75) is 13.1 Å². The van der Waals surface area contributed by atoms with E-state index >= 15 is 0 Å². The van der Waals surface area contributed by atoms with E-state index in [0.29, 0.717) is 13.1 Å². The van der Waals surface area contributed by atoms with Gasteiger partial charge in [-0.1, -0.05) is 42.5 Å². The molecule has 0 spiro atoms. The number of carbonyl (C=O) groups is 2. The Kier molecular flexibility index (Phi) is 5.89. The fourth-order valence-electron chi connectivity index (χ4n) is 2.57. The van der Waals surface area contributed by atoms with Gasteiger partial charge in [0.25, 0.3) is 11.8 Å². The molecule has 0 bridgehead atoms. The number of amides is 2. The Balaban J connectivity index is 1.65. The molecule has 2 aromatic heterocycles. The summed E-state index contributed by atoms with van der Waals surface area (Å²) in [5.74, 6) is -0.584. The first-order valence-electron chi connectivity index (χ1n) is 8.58. The van der Waals surface area contributed by atoms with Gasteiger partial charge in [-0.3, -0.25) is 14.6 Å². The molecule has 3 rings (SSSR count). The fourth-order valence-corrected chi connectivity index (χ4v) is 2.57. The summed E-state index contributed by atoms with van der Waals surface area (Å²) < 4.78 is 0. The lowest BCUT2D eigenvalue weighted by molar-refractivity contribution is 0.0779. The average molecular weight is 360 g/mol. The third-order valence-corrected chi connectivity index (χ3v) is 3.97. The Bertz CT molecular complexity index is 914. The highest BCUT2D eigenvalue weighted by Gasteiger charge is 2.16. The second kappa shape index (κ2) is 8.71. The van der Waals surface area contributed by atoms with Crippen molar-refractivity contribution in [1.82, 2.24) is 20.2 Å². The van der Waals surface area contributed by atoms with Crippen molar-refractivity contribution in [2.75, 3.05) is 7.05 Å². The van der Waals surface area contributed by atoms with Crippen molar-refractivity contribution in [2.24, 2.45) is 0 Å². The number of aromatic nitrogens is 2. The molecule has 0 unspecified atom stereocenters. The van der Waals surface area contributed by atoms with Crippen LogP contribution in [0.1, 0.15) is 32.2 Å². The summed E-state index contributed by atoms with van der Waals surface area (Å²) in [5, 5.41) is 2.76. The summed E-state index contributed by atoms with van der Waals surface area (Å²) >= 11 is 0. The van der Waals surface area contributed by atoms with Crippen LogP contribution in [0.25, 0.3) is 0 Å². The zero-order valence-electron chi connectivity index (χ0n) is 15.0. The summed E-state index contributed by atoms with van der Waals surface area (Å²) in [7, 11) is 1.71. The van der Waals surface area contributed by atoms with Gasteiger partial charge in [0.05, 0.1) is 12.2 Å². The van der Waals surface area contributed by atoms with Gasteiger partial charge in [0.1, 0.15) is 11.4 Å². The maximum atomic E-state index is 12.6. The molecule has 0 aliphatic rings. The normalized spacial score (nSPS) is 10.3. The molecular formula is C21H20N4O2. The average Bonchev–Trinajstić information content (AvgIpc) is 2.73. The van der Waals surface area contributed by atoms with Crippen LogP contribution in [-0.4, -0.2) is 33.7 Å². The third-order valence-electron chi connectivity index (χ3n) is 3.97. The minimum atomic E-state index is -0.346. The zero-order valence-corrected chi connectivity index (χ0v) is 15.0. The van der Waals surface area contributed by atoms with Gasteiger partial charge in [-0.2, -0.15) is 0 Å². The summed E-state index contributed by atoms with van der Waals surface area (Å²) in [4.78, 5) is 34.9. The predicted molar refractivity (Wildman–Crippen MR) is 102 cm³/mol. The van der Waals surface area contributed by atoms with Crippen molar-refractivity contribution in [1.29, 1.82) is 0 Å². The van der Waals surface area contributed by atoms with Crippen molar-refractivity contribution in [3.8, 4) is 0 Å². The lowest BCUT2D eigenvalue weighted by Crippen LogP contribution is -2.29. The van der Waals surface area contributed by atoms with Gasteiger partial charge >= 0.3 is 0 Å². The minimum Gasteiger partial charge on any atom is -0.345 e. The molecule has 6 nitrogen and oxygen atoms in total. The lowest BCUT2D eigenvalue weighted by atomic mass is 10.2. The second-order valence-corrected chi connectivity index (χ2v) is 6.06. The second-order valence-electron chi connectivity index (χ2n) is 6.06. The highest BCUT2D eigenvalue weighted by Crippen LogP contribution is 2.08. The van der Waals surface area contributed by atoms with Crippen LogP contribution in [0, 0.1) is 0 Å². The highest BCUT2D eigenvalue weighted by atomic mass is 16.2. The lowest BCUT2D eigenvalue weighted by Gasteiger charge is -2.17. The van der Waals surface area contributed by atoms with Gasteiger partial charge in [-0.25, -0.2) is 4.98 Å². The van der Waals surface area contributed by atoms with E-state index in [1.165, 1.54) is 0 Å². The van der Waals surface area contributed by atoms with Crippen LogP contribution in [0.5, 0.6) is 0 Å². The van der Waals surface area contributed by atoms with Crippen LogP contribution in [0.3, 0.4) is 0 Å². The maximum Gasteiger partial charge on any atom is 0.272 e. The Labute approximate surface area is 157 Å². The topological polar surface area (TPSA) is 75.2 Å². The smallest absolute Gasteiger partial charge is 0.272 e. The number of pyridine rings is 2. The van der Waals surface area contributed by atoms with E-state index in [2.05, 4.69) is 15.3 Å². The van der Waals surface area contributed by atoms with Crippen LogP contribution in [0.2, 0.25) is 0 Å². The van der Waals surface area contributed by atoms with E-state index < -0.39 is 0 Å². The standard InChI is InChI=1S/C21H20N4O2/c1-25(15-16-8-3-2-4-9-16)21(27)19-12-7-11-18(24-19)20(26)23-14-17-10-5-6-13-22-17/h2-13H,14-15H2,1H3,(H,23,26). The molecule has 0 atom stereocenters. The van der Waals surface area contributed by atoms with E-state index in [0.717, 1.165) is 11.3 Å². The Hall–Kier alpha value is -3.54. The van der Waals surface area contributed by atoms with Crippen molar-refractivity contribution in [3.05, 3.63) is 95.6 Å². The number of hydrogen-bond acceptors (Lipinski definition) is 4. The van der Waals surface area contributed by atoms with E-state index in [-0.39, 0.29) is 23.2 Å². The zero-order chi connectivity index (χ0) is 19.1. The molecule has 2 heterocycles. The van der Waals surface area contributed by atoms with E-state index in [1.54, 1.807) is 36.3 Å². The number of benzene rings is 1. The number of carbonyl (C=O) groups excluding carboxylic acids is 2. The van der Waals surface area contributed by atoms with E-state index in [4.69, 9.17) is 0 Å². The SMILES string of the molecule is CN(Cc1ccccc1)C(=O)c1cccc(C(=O)NCc2ccccn2)n1. The van der Waals surface area contributed by atoms with Crippen molar-refractivity contribution < 1.29 is 9.59 Å². The molecule has 1 N–H and O–H groups in total. The van der Waals surface area contributed by atoms with Crippen LogP contribution < -0.4 is 5.32 Å². The Morgan fingerprint density at radius 3 is 2.41 bits per heavy atom. The van der Waals surface area contributed by atoms with Gasteiger partial charge in [0, 0.05) is 19.8 Å². The molecule has 3 aromatic rings. The molecule has 1 aromatic carbocycles. The summed E-state index contributed by atoms with van der Waals surface area (Å²) in [6.07, 6.45) is 1.67. The molecule has 27 heavy (non-hydrogen) atoms. The largest absolute Gasteiger partial charge is 0.345 e. The van der Waals surface area contributed by atoms with Crippen molar-refractivity contribution in [3.63, 3.8) is 0 Å². The summed E-state index contributed by atoms with van der Waals surface area (Å²) in [6.45, 7) is 0.769. The number of hydrogen-bond donors (Lipinski definition) is 1. The molecule has 2 amide bonds. The quantitative estimate of drug-likeness (QED) is 0.733. The molecule has 0 aliphatic carbocycles. The predicted octanol–water partition coefficient (Wildman–Crippen LogP) is 2.68. The molecule has 0 aliphatic heterocycles. The Morgan fingerprint density at radius 2 is 1.67 bits per heavy atom. The summed E-state index contributed by atoms with van der Waals surface area (Å²) in [5.41, 5.74) is 2.21. The van der Waals surface area contributed by atoms with E-state index in [1.807, 2.05) is 48.5 Å². The first kappa shape index (κ1) is 18.3. The van der Waals surface area contributed by atoms with Gasteiger partial charge in [0.15, 0.2) is 0 Å². The molecule has 0 saturated heterocycles. The molecule has 0 fully saturated rings. The van der Waals surface area contributed by atoms with Crippen LogP contribution in [-0.2, 0) is 13.1 Å². The van der Waals surface area contributed by atoms with Crippen LogP contribution >= 0.6 is 0 Å². The number of nitrogens with one attached hydrogen (secondary N) is 1. The summed E-state index contributed by atoms with van der Waals surface area (Å²) in [6, 6.07) is 20.1. The molecular weight excluding hydrogens is 340 g/mol. The molecule has 136 valence electrons. The highest BCUT2D eigenvalue weighted by molar-refractivity contribution is 5.96. The monoisotopic (exact) mass is 360 g/mol. The third kappa shape index (κ3) is 4.98. The van der Waals surface area contributed by atoms with Gasteiger partial charge in [-0.05, 0) is 29.8 Å². The Morgan fingerprint density at radius 1 is 0.926 bits per heavy atom. The maximum absolute atomic E-state index is 12.6. The number of nitrogens with zero attached hydrogens (tertiary/aromatic N) is 3. The molecule has 0 saturated carbocycles. The number of rotatable bonds is 6. The van der Waals surface area contributed by atoms with E-state index in [9.17, 15) is 9.59 Å². The fraction of sp³-hybridized carbons (Fsp3) is 0.143. The molecule has 6 heteroatoms. The van der Waals surface area contributed by atoms with Gasteiger partial charge < -0.3 is 10.2 Å². The van der Waals surface area contributed by atoms with Gasteiger partial charge in [-0.15, -0.1) is 0 Å². The van der Waals surface area contributed by atoms with Crippen LogP contribution in [0.4, 0.5) is 0 Å². The van der Waals surface area contributed by atoms with Crippen molar-refractivity contribution >= 4 is 11.8 Å².